The van der Waals surface area contributed by atoms with Gasteiger partial charge in [-0.05, 0) is 31.0 Å². The van der Waals surface area contributed by atoms with Crippen molar-refractivity contribution in [1.29, 1.82) is 0 Å². The largest absolute Gasteiger partial charge is 0.486 e. The van der Waals surface area contributed by atoms with E-state index < -0.39 is 5.97 Å². The maximum Gasteiger partial charge on any atom is 0.313 e. The van der Waals surface area contributed by atoms with Gasteiger partial charge in [0.25, 0.3) is 0 Å². The van der Waals surface area contributed by atoms with Crippen LogP contribution in [0.4, 0.5) is 0 Å². The van der Waals surface area contributed by atoms with Gasteiger partial charge in [-0.2, -0.15) is 0 Å². The Hall–Kier alpha value is -1.84. The Balaban J connectivity index is 2.35. The van der Waals surface area contributed by atoms with Crippen LogP contribution in [0.1, 0.15) is 25.8 Å². The zero-order chi connectivity index (χ0) is 13.4. The number of ether oxygens (including phenoxy) is 2. The molecule has 4 nitrogen and oxygen atoms in total. The first kappa shape index (κ1) is 14.2. The van der Waals surface area contributed by atoms with E-state index in [1.807, 2.05) is 24.3 Å². The summed E-state index contributed by atoms with van der Waals surface area (Å²) >= 11 is 0. The van der Waals surface area contributed by atoms with Crippen LogP contribution in [-0.2, 0) is 20.7 Å². The minimum absolute atomic E-state index is 0.107. The van der Waals surface area contributed by atoms with Crippen molar-refractivity contribution in [2.45, 2.75) is 26.7 Å². The van der Waals surface area contributed by atoms with Crippen molar-refractivity contribution in [2.75, 3.05) is 13.2 Å². The zero-order valence-electron chi connectivity index (χ0n) is 10.8. The van der Waals surface area contributed by atoms with E-state index in [-0.39, 0.29) is 25.4 Å². The molecule has 0 aromatic heterocycles. The average molecular weight is 250 g/mol. The summed E-state index contributed by atoms with van der Waals surface area (Å²) in [7, 11) is 0. The van der Waals surface area contributed by atoms with Crippen LogP contribution in [0.5, 0.6) is 5.75 Å². The van der Waals surface area contributed by atoms with E-state index in [0.29, 0.717) is 5.75 Å². The highest BCUT2D eigenvalue weighted by Crippen LogP contribution is 2.12. The smallest absolute Gasteiger partial charge is 0.313 e. The van der Waals surface area contributed by atoms with E-state index in [0.717, 1.165) is 6.42 Å². The molecule has 1 rings (SSSR count). The Kier molecular flexibility index (Phi) is 5.91. The van der Waals surface area contributed by atoms with Crippen LogP contribution in [0.15, 0.2) is 24.3 Å². The van der Waals surface area contributed by atoms with E-state index in [1.54, 1.807) is 6.92 Å². The third kappa shape index (κ3) is 4.99. The van der Waals surface area contributed by atoms with Crippen LogP contribution in [0, 0.1) is 0 Å². The first-order valence-corrected chi connectivity index (χ1v) is 6.04. The Labute approximate surface area is 107 Å². The number of hydrogen-bond acceptors (Lipinski definition) is 4. The molecule has 0 saturated carbocycles. The molecular weight excluding hydrogens is 232 g/mol. The summed E-state index contributed by atoms with van der Waals surface area (Å²) in [5, 5.41) is 0. The number of rotatable bonds is 7. The number of esters is 1. The molecule has 4 heteroatoms. The van der Waals surface area contributed by atoms with Crippen molar-refractivity contribution >= 4 is 11.8 Å². The molecule has 18 heavy (non-hydrogen) atoms. The van der Waals surface area contributed by atoms with E-state index in [4.69, 9.17) is 4.74 Å². The van der Waals surface area contributed by atoms with Crippen molar-refractivity contribution in [2.24, 2.45) is 0 Å². The summed E-state index contributed by atoms with van der Waals surface area (Å²) in [5.41, 5.74) is 1.21. The highest BCUT2D eigenvalue weighted by atomic mass is 16.5. The van der Waals surface area contributed by atoms with Crippen molar-refractivity contribution < 1.29 is 19.1 Å². The van der Waals surface area contributed by atoms with Crippen molar-refractivity contribution in [3.8, 4) is 5.75 Å². The molecule has 0 radical (unpaired) electrons. The van der Waals surface area contributed by atoms with Gasteiger partial charge in [-0.25, -0.2) is 0 Å². The van der Waals surface area contributed by atoms with Crippen LogP contribution in [-0.4, -0.2) is 25.0 Å². The Bertz CT molecular complexity index is 395. The molecule has 1 aromatic rings. The highest BCUT2D eigenvalue weighted by Gasteiger charge is 2.10. The third-order valence-corrected chi connectivity index (χ3v) is 2.38. The molecule has 0 heterocycles. The molecule has 0 N–H and O–H groups in total. The first-order chi connectivity index (χ1) is 8.65. The normalized spacial score (nSPS) is 9.89. The fourth-order valence-corrected chi connectivity index (χ4v) is 1.41. The number of benzene rings is 1. The first-order valence-electron chi connectivity index (χ1n) is 6.04. The minimum atomic E-state index is -0.507. The minimum Gasteiger partial charge on any atom is -0.486 e. The van der Waals surface area contributed by atoms with Gasteiger partial charge in [0.15, 0.2) is 5.78 Å². The van der Waals surface area contributed by atoms with Gasteiger partial charge in [0.05, 0.1) is 6.61 Å². The fourth-order valence-electron chi connectivity index (χ4n) is 1.41. The number of ketones is 1. The van der Waals surface area contributed by atoms with Crippen LogP contribution in [0.3, 0.4) is 0 Å². The quantitative estimate of drug-likeness (QED) is 0.549. The second-order valence-corrected chi connectivity index (χ2v) is 3.81. The lowest BCUT2D eigenvalue weighted by Gasteiger charge is -2.06. The Morgan fingerprint density at radius 2 is 1.78 bits per heavy atom. The topological polar surface area (TPSA) is 52.6 Å². The number of Topliss-reactive ketones (excluding diaryl/α,β-unsaturated/α-hetero) is 1. The van der Waals surface area contributed by atoms with Crippen molar-refractivity contribution in [3.63, 3.8) is 0 Å². The second kappa shape index (κ2) is 7.48. The number of carbonyl (C=O) groups excluding carboxylic acids is 2. The number of carbonyl (C=O) groups is 2. The SMILES string of the molecule is CCOC(=O)CC(=O)COc1ccc(CC)cc1. The average Bonchev–Trinajstić information content (AvgIpc) is 2.37. The Morgan fingerprint density at radius 1 is 1.11 bits per heavy atom. The van der Waals surface area contributed by atoms with Crippen LogP contribution >= 0.6 is 0 Å². The molecular formula is C14H18O4. The summed E-state index contributed by atoms with van der Waals surface area (Å²) in [5.74, 6) is -0.162. The summed E-state index contributed by atoms with van der Waals surface area (Å²) < 4.78 is 9.97. The molecule has 0 unspecified atom stereocenters. The van der Waals surface area contributed by atoms with Gasteiger partial charge in [0.2, 0.25) is 0 Å². The molecule has 0 aliphatic rings. The van der Waals surface area contributed by atoms with Gasteiger partial charge in [-0.1, -0.05) is 19.1 Å². The molecule has 0 aliphatic carbocycles. The van der Waals surface area contributed by atoms with E-state index in [9.17, 15) is 9.59 Å². The Morgan fingerprint density at radius 3 is 2.33 bits per heavy atom. The molecule has 0 atom stereocenters. The predicted octanol–water partition coefficient (Wildman–Crippen LogP) is 2.15. The van der Waals surface area contributed by atoms with Gasteiger partial charge in [-0.3, -0.25) is 9.59 Å². The van der Waals surface area contributed by atoms with Gasteiger partial charge in [0, 0.05) is 0 Å². The van der Waals surface area contributed by atoms with Crippen LogP contribution in [0.2, 0.25) is 0 Å². The summed E-state index contributed by atoms with van der Waals surface area (Å²) in [6.45, 7) is 3.95. The molecule has 0 fully saturated rings. The lowest BCUT2D eigenvalue weighted by atomic mass is 10.2. The monoisotopic (exact) mass is 250 g/mol. The maximum absolute atomic E-state index is 11.4. The molecule has 1 aromatic carbocycles. The lowest BCUT2D eigenvalue weighted by Crippen LogP contribution is -2.17. The van der Waals surface area contributed by atoms with Gasteiger partial charge >= 0.3 is 5.97 Å². The molecule has 0 aliphatic heterocycles. The number of aryl methyl sites for hydroxylation is 1. The number of hydrogen-bond donors (Lipinski definition) is 0. The lowest BCUT2D eigenvalue weighted by molar-refractivity contribution is -0.145. The van der Waals surface area contributed by atoms with Crippen molar-refractivity contribution in [3.05, 3.63) is 29.8 Å². The maximum atomic E-state index is 11.4. The molecule has 0 saturated heterocycles. The van der Waals surface area contributed by atoms with Gasteiger partial charge in [-0.15, -0.1) is 0 Å². The summed E-state index contributed by atoms with van der Waals surface area (Å²) in [4.78, 5) is 22.4. The van der Waals surface area contributed by atoms with Crippen LogP contribution in [0.25, 0.3) is 0 Å². The highest BCUT2D eigenvalue weighted by molar-refractivity contribution is 5.96. The molecule has 0 spiro atoms. The zero-order valence-corrected chi connectivity index (χ0v) is 10.8. The van der Waals surface area contributed by atoms with Crippen molar-refractivity contribution in [1.82, 2.24) is 0 Å². The summed E-state index contributed by atoms with van der Waals surface area (Å²) in [6.07, 6.45) is 0.725. The van der Waals surface area contributed by atoms with Gasteiger partial charge in [0.1, 0.15) is 18.8 Å². The molecule has 98 valence electrons. The summed E-state index contributed by atoms with van der Waals surface area (Å²) in [6, 6.07) is 7.53. The van der Waals surface area contributed by atoms with Crippen LogP contribution < -0.4 is 4.74 Å². The standard InChI is InChI=1S/C14H18O4/c1-3-11-5-7-13(8-6-11)18-10-12(15)9-14(16)17-4-2/h5-8H,3-4,9-10H2,1-2H3. The fraction of sp³-hybridized carbons (Fsp3) is 0.429. The van der Waals surface area contributed by atoms with E-state index >= 15 is 0 Å². The second-order valence-electron chi connectivity index (χ2n) is 3.81. The molecule has 0 amide bonds. The van der Waals surface area contributed by atoms with Gasteiger partial charge < -0.3 is 9.47 Å². The third-order valence-electron chi connectivity index (χ3n) is 2.38. The van der Waals surface area contributed by atoms with E-state index in [2.05, 4.69) is 11.7 Å². The molecule has 0 bridgehead atoms. The van der Waals surface area contributed by atoms with E-state index in [1.165, 1.54) is 5.56 Å². The predicted molar refractivity (Wildman–Crippen MR) is 67.6 cm³/mol.